The molecule has 0 aliphatic carbocycles. The van der Waals surface area contributed by atoms with E-state index in [4.69, 9.17) is 11.6 Å². The van der Waals surface area contributed by atoms with Crippen LogP contribution < -0.4 is 5.32 Å². The van der Waals surface area contributed by atoms with E-state index in [2.05, 4.69) is 22.9 Å². The van der Waals surface area contributed by atoms with Crippen LogP contribution in [0.2, 0.25) is 5.02 Å². The summed E-state index contributed by atoms with van der Waals surface area (Å²) in [6, 6.07) is 7.73. The number of hydrogen-bond donors (Lipinski definition) is 2. The summed E-state index contributed by atoms with van der Waals surface area (Å²) in [5.41, 5.74) is 2.02. The predicted molar refractivity (Wildman–Crippen MR) is 73.7 cm³/mol. The van der Waals surface area contributed by atoms with Gasteiger partial charge >= 0.3 is 0 Å². The van der Waals surface area contributed by atoms with Crippen LogP contribution in [0.4, 0.5) is 5.69 Å². The van der Waals surface area contributed by atoms with E-state index < -0.39 is 0 Å². The molecule has 2 aromatic rings. The van der Waals surface area contributed by atoms with E-state index in [0.29, 0.717) is 5.02 Å². The molecule has 2 nitrogen and oxygen atoms in total. The number of aromatic nitrogens is 1. The normalized spacial score (nSPS) is 10.6. The van der Waals surface area contributed by atoms with Crippen LogP contribution >= 0.6 is 24.2 Å². The zero-order valence-electron chi connectivity index (χ0n) is 8.78. The van der Waals surface area contributed by atoms with Crippen molar-refractivity contribution in [2.75, 3.05) is 17.6 Å². The van der Waals surface area contributed by atoms with E-state index in [1.165, 1.54) is 0 Å². The van der Waals surface area contributed by atoms with Crippen molar-refractivity contribution in [2.24, 2.45) is 0 Å². The van der Waals surface area contributed by atoms with Crippen molar-refractivity contribution in [1.82, 2.24) is 4.98 Å². The lowest BCUT2D eigenvalue weighted by atomic mass is 10.2. The monoisotopic (exact) mass is 252 g/mol. The Bertz CT molecular complexity index is 487. The molecule has 16 heavy (non-hydrogen) atoms. The van der Waals surface area contributed by atoms with E-state index in [-0.39, 0.29) is 0 Å². The van der Waals surface area contributed by atoms with Gasteiger partial charge in [0.05, 0.1) is 5.52 Å². The van der Waals surface area contributed by atoms with Gasteiger partial charge in [-0.05, 0) is 36.4 Å². The molecular formula is C12H13ClN2S. The largest absolute Gasteiger partial charge is 0.384 e. The minimum atomic E-state index is 0.715. The number of anilines is 1. The Morgan fingerprint density at radius 1 is 1.31 bits per heavy atom. The number of rotatable bonds is 4. The van der Waals surface area contributed by atoms with Crippen molar-refractivity contribution < 1.29 is 0 Å². The van der Waals surface area contributed by atoms with Crippen LogP contribution in [0.3, 0.4) is 0 Å². The van der Waals surface area contributed by atoms with Crippen LogP contribution in [0.5, 0.6) is 0 Å². The molecule has 0 fully saturated rings. The maximum absolute atomic E-state index is 5.93. The number of pyridine rings is 1. The molecule has 0 bridgehead atoms. The molecule has 0 amide bonds. The molecule has 1 aromatic heterocycles. The Labute approximate surface area is 105 Å². The average Bonchev–Trinajstić information content (AvgIpc) is 2.29. The van der Waals surface area contributed by atoms with Crippen LogP contribution in [0.25, 0.3) is 10.9 Å². The molecule has 0 saturated carbocycles. The predicted octanol–water partition coefficient (Wildman–Crippen LogP) is 3.62. The molecule has 2 rings (SSSR count). The fraction of sp³-hybridized carbons (Fsp3) is 0.250. The summed E-state index contributed by atoms with van der Waals surface area (Å²) in [7, 11) is 0. The highest BCUT2D eigenvalue weighted by molar-refractivity contribution is 7.80. The summed E-state index contributed by atoms with van der Waals surface area (Å²) in [6.07, 6.45) is 2.84. The highest BCUT2D eigenvalue weighted by Gasteiger charge is 2.01. The zero-order valence-corrected chi connectivity index (χ0v) is 10.4. The molecule has 0 atom stereocenters. The molecule has 84 valence electrons. The van der Waals surface area contributed by atoms with Crippen LogP contribution in [-0.4, -0.2) is 17.3 Å². The van der Waals surface area contributed by atoms with Crippen LogP contribution in [-0.2, 0) is 0 Å². The van der Waals surface area contributed by atoms with E-state index in [1.807, 2.05) is 24.3 Å². The number of fused-ring (bicyclic) bond motifs is 1. The standard InChI is InChI=1S/C12H13ClN2S/c13-9-2-3-10-11(14-5-1-7-16)4-6-15-12(10)8-9/h2-4,6,8,16H,1,5,7H2,(H,14,15). The molecule has 0 aliphatic heterocycles. The third-order valence-electron chi connectivity index (χ3n) is 2.36. The molecule has 0 aliphatic rings. The Morgan fingerprint density at radius 3 is 3.00 bits per heavy atom. The van der Waals surface area contributed by atoms with Crippen molar-refractivity contribution in [1.29, 1.82) is 0 Å². The van der Waals surface area contributed by atoms with Crippen molar-refractivity contribution in [3.8, 4) is 0 Å². The fourth-order valence-electron chi connectivity index (χ4n) is 1.58. The van der Waals surface area contributed by atoms with Crippen molar-refractivity contribution in [3.63, 3.8) is 0 Å². The first kappa shape index (κ1) is 11.6. The van der Waals surface area contributed by atoms with E-state index >= 15 is 0 Å². The SMILES string of the molecule is SCCCNc1ccnc2cc(Cl)ccc12. The first-order valence-corrected chi connectivity index (χ1v) is 6.21. The molecule has 0 unspecified atom stereocenters. The number of thiol groups is 1. The van der Waals surface area contributed by atoms with Crippen molar-refractivity contribution in [2.45, 2.75) is 6.42 Å². The zero-order chi connectivity index (χ0) is 11.4. The lowest BCUT2D eigenvalue weighted by Crippen LogP contribution is -2.02. The second kappa shape index (κ2) is 5.41. The van der Waals surface area contributed by atoms with Gasteiger partial charge in [0.1, 0.15) is 0 Å². The summed E-state index contributed by atoms with van der Waals surface area (Å²) in [6.45, 7) is 0.922. The van der Waals surface area contributed by atoms with Gasteiger partial charge in [-0.15, -0.1) is 0 Å². The second-order valence-corrected chi connectivity index (χ2v) is 4.41. The Kier molecular flexibility index (Phi) is 3.91. The number of benzene rings is 1. The van der Waals surface area contributed by atoms with E-state index in [9.17, 15) is 0 Å². The van der Waals surface area contributed by atoms with Gasteiger partial charge in [0.2, 0.25) is 0 Å². The van der Waals surface area contributed by atoms with Gasteiger partial charge in [-0.25, -0.2) is 0 Å². The highest BCUT2D eigenvalue weighted by atomic mass is 35.5. The molecule has 1 N–H and O–H groups in total. The van der Waals surface area contributed by atoms with E-state index in [0.717, 1.165) is 35.3 Å². The van der Waals surface area contributed by atoms with Crippen molar-refractivity contribution in [3.05, 3.63) is 35.5 Å². The van der Waals surface area contributed by atoms with Gasteiger partial charge in [0, 0.05) is 28.8 Å². The van der Waals surface area contributed by atoms with Gasteiger partial charge in [-0.3, -0.25) is 4.98 Å². The second-order valence-electron chi connectivity index (χ2n) is 3.52. The molecule has 1 heterocycles. The van der Waals surface area contributed by atoms with Crippen LogP contribution in [0.1, 0.15) is 6.42 Å². The topological polar surface area (TPSA) is 24.9 Å². The summed E-state index contributed by atoms with van der Waals surface area (Å²) in [5.74, 6) is 0.891. The first-order valence-electron chi connectivity index (χ1n) is 5.20. The van der Waals surface area contributed by atoms with Crippen molar-refractivity contribution >= 4 is 40.8 Å². The minimum absolute atomic E-state index is 0.715. The first-order chi connectivity index (χ1) is 7.81. The third-order valence-corrected chi connectivity index (χ3v) is 2.91. The fourth-order valence-corrected chi connectivity index (χ4v) is 1.90. The van der Waals surface area contributed by atoms with Gasteiger partial charge in [0.25, 0.3) is 0 Å². The molecule has 0 spiro atoms. The average molecular weight is 253 g/mol. The van der Waals surface area contributed by atoms with Gasteiger partial charge in [0.15, 0.2) is 0 Å². The summed E-state index contributed by atoms with van der Waals surface area (Å²) < 4.78 is 0. The minimum Gasteiger partial charge on any atom is -0.384 e. The highest BCUT2D eigenvalue weighted by Crippen LogP contribution is 2.24. The summed E-state index contributed by atoms with van der Waals surface area (Å²) in [5, 5.41) is 5.19. The summed E-state index contributed by atoms with van der Waals surface area (Å²) >= 11 is 10.1. The number of halogens is 1. The molecule has 1 aromatic carbocycles. The van der Waals surface area contributed by atoms with Crippen LogP contribution in [0, 0.1) is 0 Å². The number of nitrogens with one attached hydrogen (secondary N) is 1. The van der Waals surface area contributed by atoms with Gasteiger partial charge < -0.3 is 5.32 Å². The lowest BCUT2D eigenvalue weighted by Gasteiger charge is -2.08. The van der Waals surface area contributed by atoms with Gasteiger partial charge in [-0.1, -0.05) is 11.6 Å². The number of nitrogens with zero attached hydrogens (tertiary/aromatic N) is 1. The number of hydrogen-bond acceptors (Lipinski definition) is 3. The van der Waals surface area contributed by atoms with Crippen LogP contribution in [0.15, 0.2) is 30.5 Å². The Hall–Kier alpha value is -0.930. The third kappa shape index (κ3) is 2.60. The lowest BCUT2D eigenvalue weighted by molar-refractivity contribution is 0.997. The summed E-state index contributed by atoms with van der Waals surface area (Å²) in [4.78, 5) is 4.29. The maximum atomic E-state index is 5.93. The molecule has 4 heteroatoms. The Balaban J connectivity index is 2.30. The molecular weight excluding hydrogens is 240 g/mol. The molecule has 0 saturated heterocycles. The van der Waals surface area contributed by atoms with E-state index in [1.54, 1.807) is 6.20 Å². The van der Waals surface area contributed by atoms with Gasteiger partial charge in [-0.2, -0.15) is 12.6 Å². The smallest absolute Gasteiger partial charge is 0.0737 e. The molecule has 0 radical (unpaired) electrons. The Morgan fingerprint density at radius 2 is 2.19 bits per heavy atom. The maximum Gasteiger partial charge on any atom is 0.0737 e. The quantitative estimate of drug-likeness (QED) is 0.642.